The summed E-state index contributed by atoms with van der Waals surface area (Å²) in [6, 6.07) is 17.0. The van der Waals surface area contributed by atoms with E-state index in [1.165, 1.54) is 11.3 Å². The van der Waals surface area contributed by atoms with Crippen LogP contribution in [0.3, 0.4) is 0 Å². The summed E-state index contributed by atoms with van der Waals surface area (Å²) in [4.78, 5) is 16.6. The molecule has 37 heavy (non-hydrogen) atoms. The van der Waals surface area contributed by atoms with Crippen LogP contribution in [0, 0.1) is 0 Å². The zero-order valence-corrected chi connectivity index (χ0v) is 21.3. The molecule has 4 rings (SSSR count). The van der Waals surface area contributed by atoms with Crippen molar-refractivity contribution in [1.82, 2.24) is 26.0 Å². The number of hydrogen-bond donors (Lipinski definition) is 4. The molecule has 13 heteroatoms. The van der Waals surface area contributed by atoms with Crippen LogP contribution in [0.1, 0.15) is 28.2 Å². The molecule has 0 aliphatic rings. The van der Waals surface area contributed by atoms with Crippen LogP contribution >= 0.6 is 22.9 Å². The van der Waals surface area contributed by atoms with Crippen LogP contribution in [0.25, 0.3) is 0 Å². The van der Waals surface area contributed by atoms with Gasteiger partial charge in [0.1, 0.15) is 5.01 Å². The number of rotatable bonds is 12. The predicted octanol–water partition coefficient (Wildman–Crippen LogP) is 3.77. The number of amides is 1. The molecule has 0 aliphatic carbocycles. The molecule has 0 atom stereocenters. The number of benzene rings is 2. The Bertz CT molecular complexity index is 1310. The second kappa shape index (κ2) is 13.4. The van der Waals surface area contributed by atoms with E-state index in [2.05, 4.69) is 41.6 Å². The average molecular weight is 541 g/mol. The number of aliphatic imine (C=N–C) groups is 1. The number of anilines is 2. The number of nitrogens with zero attached hydrogens (tertiary/aromatic N) is 5. The van der Waals surface area contributed by atoms with Crippen LogP contribution in [0.4, 0.5) is 10.9 Å². The van der Waals surface area contributed by atoms with Crippen LogP contribution < -0.4 is 16.1 Å². The molecular weight excluding hydrogens is 516 g/mol. The van der Waals surface area contributed by atoms with E-state index < -0.39 is 0 Å². The number of aryl methyl sites for hydroxylation is 1. The van der Waals surface area contributed by atoms with Gasteiger partial charge in [0.25, 0.3) is 0 Å². The van der Waals surface area contributed by atoms with E-state index >= 15 is 0 Å². The zero-order valence-electron chi connectivity index (χ0n) is 19.7. The number of hydroxylamine groups is 1. The monoisotopic (exact) mass is 540 g/mol. The smallest absolute Gasteiger partial charge is 0.230 e. The lowest BCUT2D eigenvalue weighted by Crippen LogP contribution is -2.23. The van der Waals surface area contributed by atoms with E-state index in [0.717, 1.165) is 16.1 Å². The molecule has 4 N–H and O–H groups in total. The normalized spacial score (nSPS) is 11.4. The fraction of sp³-hybridized carbons (Fsp3) is 0.250. The maximum atomic E-state index is 12.2. The Morgan fingerprint density at radius 3 is 2.62 bits per heavy atom. The van der Waals surface area contributed by atoms with Crippen molar-refractivity contribution >= 4 is 45.6 Å². The van der Waals surface area contributed by atoms with Crippen molar-refractivity contribution < 1.29 is 14.6 Å². The van der Waals surface area contributed by atoms with Crippen molar-refractivity contribution in [2.24, 2.45) is 4.99 Å². The minimum atomic E-state index is -0.134. The first-order valence-electron chi connectivity index (χ1n) is 11.5. The molecule has 2 aromatic carbocycles. The van der Waals surface area contributed by atoms with Gasteiger partial charge in [0.15, 0.2) is 11.5 Å². The summed E-state index contributed by atoms with van der Waals surface area (Å²) in [7, 11) is 0. The van der Waals surface area contributed by atoms with Gasteiger partial charge in [-0.15, -0.1) is 10.2 Å². The number of amidine groups is 1. The highest BCUT2D eigenvalue weighted by Crippen LogP contribution is 2.18. The van der Waals surface area contributed by atoms with E-state index in [-0.39, 0.29) is 23.9 Å². The summed E-state index contributed by atoms with van der Waals surface area (Å²) in [5.74, 6) is 0.375. The Labute approximate surface area is 221 Å². The van der Waals surface area contributed by atoms with Crippen molar-refractivity contribution in [2.75, 3.05) is 23.7 Å². The quantitative estimate of drug-likeness (QED) is 0.0910. The Balaban J connectivity index is 1.22. The highest BCUT2D eigenvalue weighted by Gasteiger charge is 2.16. The van der Waals surface area contributed by atoms with Crippen LogP contribution in [-0.4, -0.2) is 50.6 Å². The van der Waals surface area contributed by atoms with Gasteiger partial charge >= 0.3 is 0 Å². The Hall–Kier alpha value is -3.87. The number of hydrogen-bond acceptors (Lipinski definition) is 10. The summed E-state index contributed by atoms with van der Waals surface area (Å²) in [5, 5.41) is 33.3. The highest BCUT2D eigenvalue weighted by molar-refractivity contribution is 7.15. The van der Waals surface area contributed by atoms with Crippen molar-refractivity contribution in [3.8, 4) is 0 Å². The standard InChI is InChI=1S/C24H25ClN8O3S/c25-18-10-8-16(9-11-18)12-14-27-22(31-35)21-23(33-36-32-21)26-13-4-7-20-29-30-24(37-20)28-19(34)15-17-5-2-1-3-6-17/h1-3,5-6,8-11,35H,4,7,12-15H2,(H,26,33)(H,27,31)(H,28,30,34). The average Bonchev–Trinajstić information content (AvgIpc) is 3.55. The molecule has 0 spiro atoms. The molecule has 2 heterocycles. The third-order valence-corrected chi connectivity index (χ3v) is 6.33. The van der Waals surface area contributed by atoms with E-state index in [0.29, 0.717) is 48.3 Å². The molecule has 1 amide bonds. The summed E-state index contributed by atoms with van der Waals surface area (Å²) in [5.41, 5.74) is 4.34. The number of halogens is 1. The van der Waals surface area contributed by atoms with Crippen molar-refractivity contribution in [2.45, 2.75) is 25.7 Å². The van der Waals surface area contributed by atoms with Gasteiger partial charge < -0.3 is 10.6 Å². The number of carbonyl (C=O) groups excluding carboxylic acids is 1. The predicted molar refractivity (Wildman–Crippen MR) is 141 cm³/mol. The number of aromatic nitrogens is 4. The van der Waals surface area contributed by atoms with Gasteiger partial charge in [0, 0.05) is 24.5 Å². The second-order valence-corrected chi connectivity index (χ2v) is 9.42. The molecular formula is C24H25ClN8O3S. The fourth-order valence-corrected chi connectivity index (χ4v) is 4.29. The molecule has 0 saturated carbocycles. The van der Waals surface area contributed by atoms with Gasteiger partial charge in [-0.2, -0.15) is 0 Å². The minimum Gasteiger partial charge on any atom is -0.365 e. The fourth-order valence-electron chi connectivity index (χ4n) is 3.37. The lowest BCUT2D eigenvalue weighted by Gasteiger charge is -2.05. The van der Waals surface area contributed by atoms with Crippen LogP contribution in [0.2, 0.25) is 5.02 Å². The first kappa shape index (κ1) is 26.2. The molecule has 0 radical (unpaired) electrons. The number of carbonyl (C=O) groups is 1. The topological polar surface area (TPSA) is 150 Å². The van der Waals surface area contributed by atoms with Crippen molar-refractivity contribution in [3.05, 3.63) is 81.4 Å². The second-order valence-electron chi connectivity index (χ2n) is 7.92. The minimum absolute atomic E-state index is 0.134. The van der Waals surface area contributed by atoms with Gasteiger partial charge in [-0.05, 0) is 46.4 Å². The van der Waals surface area contributed by atoms with Gasteiger partial charge in [-0.1, -0.05) is 65.4 Å². The maximum absolute atomic E-state index is 12.2. The zero-order chi connectivity index (χ0) is 25.9. The largest absolute Gasteiger partial charge is 0.365 e. The molecule has 0 bridgehead atoms. The summed E-state index contributed by atoms with van der Waals surface area (Å²) < 4.78 is 4.83. The van der Waals surface area contributed by atoms with E-state index in [1.54, 1.807) is 0 Å². The van der Waals surface area contributed by atoms with E-state index in [1.807, 2.05) is 54.6 Å². The van der Waals surface area contributed by atoms with Crippen LogP contribution in [0.5, 0.6) is 0 Å². The third kappa shape index (κ3) is 8.07. The SMILES string of the molecule is O=C(Cc1ccccc1)Nc1nnc(CCCNc2nonc2C(=NCCc2ccc(Cl)cc2)NO)s1. The summed E-state index contributed by atoms with van der Waals surface area (Å²) in [6.45, 7) is 0.956. The highest BCUT2D eigenvalue weighted by atomic mass is 35.5. The van der Waals surface area contributed by atoms with Crippen LogP contribution in [-0.2, 0) is 24.1 Å². The van der Waals surface area contributed by atoms with Crippen molar-refractivity contribution in [3.63, 3.8) is 0 Å². The number of nitrogens with one attached hydrogen (secondary N) is 3. The molecule has 4 aromatic rings. The molecule has 0 saturated heterocycles. The van der Waals surface area contributed by atoms with Gasteiger partial charge in [-0.25, -0.2) is 4.63 Å². The first-order chi connectivity index (χ1) is 18.1. The lowest BCUT2D eigenvalue weighted by molar-refractivity contribution is -0.115. The molecule has 192 valence electrons. The first-order valence-corrected chi connectivity index (χ1v) is 12.7. The Kier molecular flexibility index (Phi) is 9.52. The Morgan fingerprint density at radius 2 is 1.84 bits per heavy atom. The lowest BCUT2D eigenvalue weighted by atomic mass is 10.1. The third-order valence-electron chi connectivity index (χ3n) is 5.18. The Morgan fingerprint density at radius 1 is 1.03 bits per heavy atom. The molecule has 0 unspecified atom stereocenters. The van der Waals surface area contributed by atoms with Crippen molar-refractivity contribution in [1.29, 1.82) is 0 Å². The maximum Gasteiger partial charge on any atom is 0.230 e. The molecule has 2 aromatic heterocycles. The van der Waals surface area contributed by atoms with E-state index in [4.69, 9.17) is 16.2 Å². The van der Waals surface area contributed by atoms with Gasteiger partial charge in [0.05, 0.1) is 6.42 Å². The molecule has 0 aliphatic heterocycles. The molecule has 0 fully saturated rings. The van der Waals surface area contributed by atoms with E-state index in [9.17, 15) is 10.0 Å². The van der Waals surface area contributed by atoms with Crippen LogP contribution in [0.15, 0.2) is 64.2 Å². The summed E-state index contributed by atoms with van der Waals surface area (Å²) in [6.07, 6.45) is 2.31. The van der Waals surface area contributed by atoms with Gasteiger partial charge in [0.2, 0.25) is 16.9 Å². The summed E-state index contributed by atoms with van der Waals surface area (Å²) >= 11 is 7.25. The van der Waals surface area contributed by atoms with Gasteiger partial charge in [-0.3, -0.25) is 20.5 Å². The molecule has 11 nitrogen and oxygen atoms in total.